The topological polar surface area (TPSA) is 53.5 Å². The molecule has 4 unspecified atom stereocenters. The van der Waals surface area contributed by atoms with Crippen molar-refractivity contribution in [2.24, 2.45) is 34.8 Å². The highest BCUT2D eigenvalue weighted by Gasteiger charge is 2.34. The summed E-state index contributed by atoms with van der Waals surface area (Å²) in [6.45, 7) is 39.4. The number of amidine groups is 2. The summed E-state index contributed by atoms with van der Waals surface area (Å²) < 4.78 is 2.55. The van der Waals surface area contributed by atoms with Crippen LogP contribution in [0.15, 0.2) is 203 Å². The molecular formula is C83H98N4. The minimum atomic E-state index is -0.178. The third kappa shape index (κ3) is 13.8. The number of aryl methyl sites for hydroxylation is 1. The number of nitrogens with zero attached hydrogens (tertiary/aromatic N) is 3. The van der Waals surface area contributed by atoms with Gasteiger partial charge >= 0.3 is 0 Å². The third-order valence-corrected chi connectivity index (χ3v) is 19.2. The Morgan fingerprint density at radius 1 is 0.713 bits per heavy atom. The van der Waals surface area contributed by atoms with Gasteiger partial charge in [0.2, 0.25) is 0 Å². The van der Waals surface area contributed by atoms with Gasteiger partial charge in [0, 0.05) is 53.8 Å². The predicted octanol–water partition coefficient (Wildman–Crippen LogP) is 22.1. The summed E-state index contributed by atoms with van der Waals surface area (Å²) in [6, 6.07) is 23.4. The van der Waals surface area contributed by atoms with E-state index in [4.69, 9.17) is 9.98 Å². The first kappa shape index (κ1) is 62.6. The molecule has 0 saturated heterocycles. The van der Waals surface area contributed by atoms with Crippen LogP contribution in [0, 0.1) is 30.1 Å². The molecule has 5 aliphatic carbocycles. The highest BCUT2D eigenvalue weighted by atomic mass is 15.0. The Labute approximate surface area is 523 Å². The summed E-state index contributed by atoms with van der Waals surface area (Å²) in [5.74, 6) is 1.77. The molecule has 0 fully saturated rings. The number of aromatic nitrogens is 1. The number of aliphatic imine (C=N–C) groups is 2. The van der Waals surface area contributed by atoms with Crippen LogP contribution in [0.25, 0.3) is 33.0 Å². The van der Waals surface area contributed by atoms with Gasteiger partial charge in [0.1, 0.15) is 0 Å². The van der Waals surface area contributed by atoms with Crippen LogP contribution >= 0.6 is 0 Å². The van der Waals surface area contributed by atoms with Crippen molar-refractivity contribution in [2.45, 2.75) is 182 Å². The number of fused-ring (bicyclic) bond motifs is 3. The normalized spacial score (nSPS) is 19.9. The first-order valence-corrected chi connectivity index (χ1v) is 32.5. The zero-order valence-electron chi connectivity index (χ0n) is 55.2. The van der Waals surface area contributed by atoms with E-state index in [0.29, 0.717) is 18.2 Å². The number of allylic oxidation sites excluding steroid dienone is 21. The number of benzene rings is 4. The second-order valence-corrected chi connectivity index (χ2v) is 29.6. The molecule has 4 nitrogen and oxygen atoms in total. The van der Waals surface area contributed by atoms with Crippen molar-refractivity contribution in [1.82, 2.24) is 4.57 Å². The molecule has 0 radical (unpaired) electrons. The highest BCUT2D eigenvalue weighted by Crippen LogP contribution is 2.48. The van der Waals surface area contributed by atoms with Gasteiger partial charge in [-0.05, 0) is 177 Å². The Morgan fingerprint density at radius 3 is 1.99 bits per heavy atom. The van der Waals surface area contributed by atoms with Crippen molar-refractivity contribution >= 4 is 50.8 Å². The summed E-state index contributed by atoms with van der Waals surface area (Å²) in [5.41, 5.74) is 23.2. The fourth-order valence-corrected chi connectivity index (χ4v) is 14.1. The molecule has 1 heterocycles. The van der Waals surface area contributed by atoms with Gasteiger partial charge in [0.15, 0.2) is 11.7 Å². The molecule has 1 N–H and O–H groups in total. The van der Waals surface area contributed by atoms with Crippen LogP contribution in [-0.2, 0) is 35.1 Å². The summed E-state index contributed by atoms with van der Waals surface area (Å²) in [7, 11) is 2.32. The van der Waals surface area contributed by atoms with E-state index in [1.54, 1.807) is 0 Å². The molecule has 5 aromatic rings. The van der Waals surface area contributed by atoms with Gasteiger partial charge in [0.25, 0.3) is 0 Å². The van der Waals surface area contributed by atoms with Crippen LogP contribution in [0.3, 0.4) is 0 Å². The van der Waals surface area contributed by atoms with E-state index in [9.17, 15) is 5.41 Å². The van der Waals surface area contributed by atoms with Crippen LogP contribution < -0.4 is 0 Å². The fraction of sp³-hybridized carbons (Fsp3) is 0.386. The lowest BCUT2D eigenvalue weighted by Gasteiger charge is -2.32. The molecule has 4 heteroatoms. The van der Waals surface area contributed by atoms with E-state index in [1.807, 2.05) is 24.3 Å². The number of hydrogen-bond acceptors (Lipinski definition) is 1. The largest absolute Gasteiger partial charge is 0.343 e. The SMILES string of the molecule is C=CCC(C=C)C1=CC(C2=CC=CCC2)CC(C(N=CCc2cc(C3=CC=CC(C)C3)c(C)c(C3C=CC=C(CC(C)(C)c4cc(C(C)(C)C)cc5c6cc(C(C)(C)C)cc(C(C)(C)C)c6n(C)c45)C3)c2)=NC(=N)c2ccc(C3=CC=CCC3)cc2)=C1. The Kier molecular flexibility index (Phi) is 18.2. The zero-order chi connectivity index (χ0) is 62.2. The molecule has 0 amide bonds. The fourth-order valence-electron chi connectivity index (χ4n) is 14.1. The van der Waals surface area contributed by atoms with Crippen LogP contribution in [0.4, 0.5) is 0 Å². The van der Waals surface area contributed by atoms with Crippen molar-refractivity contribution in [2.75, 3.05) is 0 Å². The van der Waals surface area contributed by atoms with E-state index in [1.165, 1.54) is 99.7 Å². The second kappa shape index (κ2) is 25.3. The van der Waals surface area contributed by atoms with E-state index in [0.717, 1.165) is 68.9 Å². The Bertz CT molecular complexity index is 3910. The smallest absolute Gasteiger partial charge is 0.157 e. The molecule has 0 saturated carbocycles. The summed E-state index contributed by atoms with van der Waals surface area (Å²) >= 11 is 0. The van der Waals surface area contributed by atoms with Gasteiger partial charge in [0.05, 0.1) is 11.0 Å². The van der Waals surface area contributed by atoms with Crippen molar-refractivity contribution in [3.63, 3.8) is 0 Å². The average molecular weight is 1150 g/mol. The molecule has 87 heavy (non-hydrogen) atoms. The lowest BCUT2D eigenvalue weighted by molar-refractivity contribution is 0.504. The van der Waals surface area contributed by atoms with Gasteiger partial charge in [-0.3, -0.25) is 5.41 Å². The standard InChI is InChI=1S/C83H98N4/c1-17-27-58(18-2)65-46-66(60-32-23-20-24-33-60)48-67(47-65)79(86-78(84)62-38-36-61(37-39-62)59-30-21-19-22-31-59)85-41-40-56-44-70(63-34-25-28-54(3)42-63)55(4)71(45-56)64-35-26-29-57(43-64)53-83(14,15)75-52-69(81(8,9)10)50-73-72-49-68(80(5,6)7)51-74(82(11,12)13)76(72)87(16)77(73)75/h17-21,23,25-26,28-30,32,34-39,41,44-47,49-52,54,58,64,66,84H,1-2,22,24,27,31,33,40,42-43,48,53H2,3-16H3. The minimum absolute atomic E-state index is 0.0154. The van der Waals surface area contributed by atoms with Crippen LogP contribution in [0.5, 0.6) is 0 Å². The first-order chi connectivity index (χ1) is 41.3. The van der Waals surface area contributed by atoms with Crippen molar-refractivity contribution in [3.8, 4) is 0 Å². The minimum Gasteiger partial charge on any atom is -0.343 e. The lowest BCUT2D eigenvalue weighted by Crippen LogP contribution is -2.22. The molecule has 0 aliphatic heterocycles. The molecule has 4 aromatic carbocycles. The summed E-state index contributed by atoms with van der Waals surface area (Å²) in [6.07, 6.45) is 47.5. The molecule has 10 rings (SSSR count). The molecule has 1 aromatic heterocycles. The maximum absolute atomic E-state index is 9.57. The molecule has 0 spiro atoms. The lowest BCUT2D eigenvalue weighted by atomic mass is 9.72. The van der Waals surface area contributed by atoms with Gasteiger partial charge in [-0.1, -0.05) is 240 Å². The number of rotatable bonds is 15. The van der Waals surface area contributed by atoms with E-state index in [-0.39, 0.29) is 45.2 Å². The van der Waals surface area contributed by atoms with Gasteiger partial charge < -0.3 is 4.57 Å². The predicted molar refractivity (Wildman–Crippen MR) is 379 cm³/mol. The highest BCUT2D eigenvalue weighted by molar-refractivity contribution is 6.13. The second-order valence-electron chi connectivity index (χ2n) is 29.6. The van der Waals surface area contributed by atoms with E-state index in [2.05, 4.69) is 255 Å². The zero-order valence-corrected chi connectivity index (χ0v) is 55.2. The first-order valence-electron chi connectivity index (χ1n) is 32.5. The van der Waals surface area contributed by atoms with Crippen LogP contribution in [0.2, 0.25) is 0 Å². The molecule has 4 atom stereocenters. The molecular weight excluding hydrogens is 1050 g/mol. The summed E-state index contributed by atoms with van der Waals surface area (Å²) in [5, 5.41) is 12.3. The van der Waals surface area contributed by atoms with Crippen LogP contribution in [-0.4, -0.2) is 22.5 Å². The van der Waals surface area contributed by atoms with E-state index < -0.39 is 0 Å². The van der Waals surface area contributed by atoms with Crippen molar-refractivity contribution in [1.29, 1.82) is 5.41 Å². The average Bonchev–Trinajstić information content (AvgIpc) is 1.59. The monoisotopic (exact) mass is 1150 g/mol. The Balaban J connectivity index is 1.01. The summed E-state index contributed by atoms with van der Waals surface area (Å²) in [4.78, 5) is 10.6. The molecule has 450 valence electrons. The number of hydrogen-bond donors (Lipinski definition) is 1. The van der Waals surface area contributed by atoms with Crippen LogP contribution in [0.1, 0.15) is 202 Å². The maximum atomic E-state index is 9.57. The quantitative estimate of drug-likeness (QED) is 0.0617. The van der Waals surface area contributed by atoms with Gasteiger partial charge in [-0.25, -0.2) is 9.98 Å². The van der Waals surface area contributed by atoms with Crippen molar-refractivity contribution in [3.05, 3.63) is 249 Å². The van der Waals surface area contributed by atoms with Crippen molar-refractivity contribution < 1.29 is 0 Å². The third-order valence-electron chi connectivity index (χ3n) is 19.2. The van der Waals surface area contributed by atoms with Gasteiger partial charge in [-0.2, -0.15) is 0 Å². The number of nitrogens with one attached hydrogen (secondary N) is 1. The van der Waals surface area contributed by atoms with Gasteiger partial charge in [-0.15, -0.1) is 13.2 Å². The molecule has 5 aliphatic rings. The maximum Gasteiger partial charge on any atom is 0.157 e. The Morgan fingerprint density at radius 2 is 1.37 bits per heavy atom. The van der Waals surface area contributed by atoms with E-state index >= 15 is 0 Å². The Hall–Kier alpha value is -7.43. The molecule has 0 bridgehead atoms.